The Labute approximate surface area is 115 Å². The molecule has 0 spiro atoms. The number of nitrogens with one attached hydrogen (secondary N) is 1. The lowest BCUT2D eigenvalue weighted by Gasteiger charge is -2.47. The Kier molecular flexibility index (Phi) is 5.60. The molecule has 2 heterocycles. The Hall–Kier alpha value is -0.650. The third-order valence-electron chi connectivity index (χ3n) is 4.43. The molecule has 0 aromatic carbocycles. The van der Waals surface area contributed by atoms with Crippen molar-refractivity contribution in [3.8, 4) is 0 Å². The number of carbonyl (C=O) groups excluding carboxylic acids is 1. The third-order valence-corrected chi connectivity index (χ3v) is 4.43. The quantitative estimate of drug-likeness (QED) is 0.757. The van der Waals surface area contributed by atoms with Gasteiger partial charge in [-0.25, -0.2) is 0 Å². The van der Waals surface area contributed by atoms with E-state index in [1.807, 2.05) is 0 Å². The summed E-state index contributed by atoms with van der Waals surface area (Å²) in [6, 6.07) is 0.874. The maximum Gasteiger partial charge on any atom is 0.292 e. The first-order valence-corrected chi connectivity index (χ1v) is 7.27. The first-order valence-electron chi connectivity index (χ1n) is 7.27. The highest BCUT2D eigenvalue weighted by Crippen LogP contribution is 2.32. The van der Waals surface area contributed by atoms with Gasteiger partial charge in [0.1, 0.15) is 0 Å². The van der Waals surface area contributed by atoms with Gasteiger partial charge in [-0.15, -0.1) is 0 Å². The molecule has 3 rings (SSSR count). The molecule has 3 fully saturated rings. The lowest BCUT2D eigenvalue weighted by atomic mass is 9.80. The van der Waals surface area contributed by atoms with Gasteiger partial charge in [0.25, 0.3) is 6.47 Å². The second-order valence-corrected chi connectivity index (χ2v) is 5.88. The van der Waals surface area contributed by atoms with Crippen molar-refractivity contribution >= 4 is 6.47 Å². The van der Waals surface area contributed by atoms with Crippen molar-refractivity contribution in [3.63, 3.8) is 0 Å². The molecule has 2 aliphatic heterocycles. The van der Waals surface area contributed by atoms with Crippen molar-refractivity contribution in [2.45, 2.75) is 31.9 Å². The highest BCUT2D eigenvalue weighted by molar-refractivity contribution is 5.36. The maximum atomic E-state index is 8.95. The third kappa shape index (κ3) is 3.91. The minimum atomic E-state index is 0.375. The summed E-state index contributed by atoms with van der Waals surface area (Å²) >= 11 is 0. The molecule has 2 saturated heterocycles. The molecule has 5 heteroatoms. The van der Waals surface area contributed by atoms with Crippen molar-refractivity contribution in [2.24, 2.45) is 11.8 Å². The Bertz CT molecular complexity index is 278. The molecular formula is C14H26N2O3. The molecule has 1 unspecified atom stereocenters. The van der Waals surface area contributed by atoms with Gasteiger partial charge in [0.15, 0.2) is 0 Å². The predicted octanol–water partition coefficient (Wildman–Crippen LogP) is 0.494. The van der Waals surface area contributed by atoms with Crippen molar-refractivity contribution in [3.05, 3.63) is 0 Å². The van der Waals surface area contributed by atoms with Crippen LogP contribution in [0.3, 0.4) is 0 Å². The molecule has 0 bridgehead atoms. The van der Waals surface area contributed by atoms with Crippen LogP contribution in [0.15, 0.2) is 0 Å². The smallest absolute Gasteiger partial charge is 0.292 e. The predicted molar refractivity (Wildman–Crippen MR) is 72.9 cm³/mol. The Morgan fingerprint density at radius 3 is 2.53 bits per heavy atom. The van der Waals surface area contributed by atoms with Crippen LogP contribution >= 0.6 is 0 Å². The fraction of sp³-hybridized carbons (Fsp3) is 0.929. The summed E-state index contributed by atoms with van der Waals surface area (Å²) in [6.07, 6.45) is 3.33. The topological polar surface area (TPSA) is 50.8 Å². The van der Waals surface area contributed by atoms with Crippen LogP contribution in [0.25, 0.3) is 0 Å². The molecule has 0 aromatic rings. The highest BCUT2D eigenvalue weighted by atomic mass is 16.5. The molecule has 19 heavy (non-hydrogen) atoms. The number of nitrogens with zero attached hydrogens (tertiary/aromatic N) is 1. The molecule has 1 aliphatic carbocycles. The average molecular weight is 270 g/mol. The summed E-state index contributed by atoms with van der Waals surface area (Å²) < 4.78 is 9.74. The fourth-order valence-corrected chi connectivity index (χ4v) is 3.05. The normalized spacial score (nSPS) is 35.4. The van der Waals surface area contributed by atoms with E-state index >= 15 is 0 Å². The number of hydrogen-bond acceptors (Lipinski definition) is 5. The van der Waals surface area contributed by atoms with Gasteiger partial charge < -0.3 is 14.8 Å². The van der Waals surface area contributed by atoms with Gasteiger partial charge in [-0.3, -0.25) is 9.69 Å². The van der Waals surface area contributed by atoms with Crippen LogP contribution in [-0.4, -0.2) is 63.4 Å². The number of carbonyl (C=O) groups is 1. The molecule has 1 N–H and O–H groups in total. The first-order chi connectivity index (χ1) is 9.24. The van der Waals surface area contributed by atoms with Crippen molar-refractivity contribution in [2.75, 3.05) is 39.9 Å². The van der Waals surface area contributed by atoms with Gasteiger partial charge in [-0.05, 0) is 18.8 Å². The number of ether oxygens (including phenoxy) is 2. The summed E-state index contributed by atoms with van der Waals surface area (Å²) in [5.74, 6) is 1.74. The Balaban J connectivity index is 0.000000297. The lowest BCUT2D eigenvalue weighted by Crippen LogP contribution is -2.58. The molecular weight excluding hydrogens is 244 g/mol. The molecule has 1 atom stereocenters. The summed E-state index contributed by atoms with van der Waals surface area (Å²) in [7, 11) is 1.31. The zero-order chi connectivity index (χ0) is 13.7. The minimum absolute atomic E-state index is 0.375. The van der Waals surface area contributed by atoms with Gasteiger partial charge in [-0.1, -0.05) is 6.92 Å². The van der Waals surface area contributed by atoms with Crippen molar-refractivity contribution in [1.29, 1.82) is 0 Å². The van der Waals surface area contributed by atoms with Crippen LogP contribution in [0.4, 0.5) is 0 Å². The highest BCUT2D eigenvalue weighted by Gasteiger charge is 2.37. The summed E-state index contributed by atoms with van der Waals surface area (Å²) in [5, 5.41) is 3.34. The fourth-order valence-electron chi connectivity index (χ4n) is 3.05. The van der Waals surface area contributed by atoms with E-state index in [-0.39, 0.29) is 0 Å². The monoisotopic (exact) mass is 270 g/mol. The maximum absolute atomic E-state index is 8.95. The van der Waals surface area contributed by atoms with Gasteiger partial charge >= 0.3 is 0 Å². The van der Waals surface area contributed by atoms with E-state index < -0.39 is 0 Å². The van der Waals surface area contributed by atoms with E-state index in [0.29, 0.717) is 12.6 Å². The number of morpholine rings is 1. The van der Waals surface area contributed by atoms with Gasteiger partial charge in [0.05, 0.1) is 19.8 Å². The van der Waals surface area contributed by atoms with E-state index in [9.17, 15) is 0 Å². The number of rotatable bonds is 3. The average Bonchev–Trinajstić information content (AvgIpc) is 2.34. The second-order valence-electron chi connectivity index (χ2n) is 5.88. The molecule has 3 aliphatic rings. The zero-order valence-electron chi connectivity index (χ0n) is 12.0. The Morgan fingerprint density at radius 2 is 2.05 bits per heavy atom. The van der Waals surface area contributed by atoms with Crippen LogP contribution in [0.1, 0.15) is 19.8 Å². The van der Waals surface area contributed by atoms with Crippen LogP contribution in [0, 0.1) is 11.8 Å². The summed E-state index contributed by atoms with van der Waals surface area (Å²) in [6.45, 7) is 8.37. The molecule has 5 nitrogen and oxygen atoms in total. The summed E-state index contributed by atoms with van der Waals surface area (Å²) in [5.41, 5.74) is 0. The standard InChI is InChI=1S/C12H22N2O.C2H4O2/c1-9-4-11(5-9)14-2-3-15-12(8-14)10-6-13-7-10;1-4-2-3/h9-13H,2-8H2,1H3;2H,1H3. The molecule has 110 valence electrons. The molecule has 0 aromatic heterocycles. The van der Waals surface area contributed by atoms with Crippen molar-refractivity contribution < 1.29 is 14.3 Å². The van der Waals surface area contributed by atoms with Crippen LogP contribution in [-0.2, 0) is 14.3 Å². The van der Waals surface area contributed by atoms with Gasteiger partial charge in [0, 0.05) is 38.1 Å². The van der Waals surface area contributed by atoms with Gasteiger partial charge in [0.2, 0.25) is 0 Å². The van der Waals surface area contributed by atoms with Crippen LogP contribution in [0.2, 0.25) is 0 Å². The lowest BCUT2D eigenvalue weighted by molar-refractivity contribution is -0.126. The van der Waals surface area contributed by atoms with Gasteiger partial charge in [-0.2, -0.15) is 0 Å². The molecule has 0 amide bonds. The van der Waals surface area contributed by atoms with E-state index in [2.05, 4.69) is 21.9 Å². The van der Waals surface area contributed by atoms with E-state index in [1.165, 1.54) is 39.6 Å². The molecule has 1 saturated carbocycles. The van der Waals surface area contributed by atoms with E-state index in [0.717, 1.165) is 31.0 Å². The first kappa shape index (κ1) is 14.8. The molecule has 0 radical (unpaired) electrons. The SMILES string of the molecule is CC1CC(N2CCOC(C3CNC3)C2)C1.COC=O. The zero-order valence-corrected chi connectivity index (χ0v) is 12.0. The van der Waals surface area contributed by atoms with Crippen molar-refractivity contribution in [1.82, 2.24) is 10.2 Å². The Morgan fingerprint density at radius 1 is 1.37 bits per heavy atom. The summed E-state index contributed by atoms with van der Waals surface area (Å²) in [4.78, 5) is 11.6. The van der Waals surface area contributed by atoms with E-state index in [4.69, 9.17) is 9.53 Å². The number of hydrogen-bond donors (Lipinski definition) is 1. The van der Waals surface area contributed by atoms with Crippen LogP contribution in [0.5, 0.6) is 0 Å². The van der Waals surface area contributed by atoms with Crippen LogP contribution < -0.4 is 5.32 Å². The largest absolute Gasteiger partial charge is 0.471 e. The second kappa shape index (κ2) is 7.22. The minimum Gasteiger partial charge on any atom is -0.471 e. The number of methoxy groups -OCH3 is 1. The van der Waals surface area contributed by atoms with E-state index in [1.54, 1.807) is 0 Å².